The lowest BCUT2D eigenvalue weighted by Gasteiger charge is -1.93. The lowest BCUT2D eigenvalue weighted by molar-refractivity contribution is 1.23. The first-order valence-corrected chi connectivity index (χ1v) is 7.40. The summed E-state index contributed by atoms with van der Waals surface area (Å²) in [7, 11) is 0. The van der Waals surface area contributed by atoms with Crippen molar-refractivity contribution in [3.05, 3.63) is 54.3 Å². The standard InChI is InChI=1S/C6H6BrNS.C5H3Br2N/c1-4-2-3-8-6(9)5(4)7;6-4-1-2-8-3-5(4)7/h2-3H,1H3,(H,8,9);1-3H. The fraction of sp³-hybridized carbons (Fsp3) is 0.0909. The lowest BCUT2D eigenvalue weighted by Crippen LogP contribution is -1.78. The maximum atomic E-state index is 4.94. The third-order valence-electron chi connectivity index (χ3n) is 1.82. The van der Waals surface area contributed by atoms with E-state index in [9.17, 15) is 0 Å². The molecule has 0 spiro atoms. The Hall–Kier alpha value is -0.0400. The van der Waals surface area contributed by atoms with Crippen LogP contribution in [0.4, 0.5) is 0 Å². The van der Waals surface area contributed by atoms with Crippen molar-refractivity contribution >= 4 is 60.0 Å². The Bertz CT molecular complexity index is 533. The number of aromatic nitrogens is 2. The SMILES string of the molecule is Brc1ccncc1Br.Cc1cc[nH]c(=S)c1Br. The highest BCUT2D eigenvalue weighted by atomic mass is 79.9. The van der Waals surface area contributed by atoms with E-state index < -0.39 is 0 Å². The molecule has 17 heavy (non-hydrogen) atoms. The molecular weight excluding hydrogens is 432 g/mol. The summed E-state index contributed by atoms with van der Waals surface area (Å²) >= 11 is 14.9. The normalized spacial score (nSPS) is 9.41. The molecule has 0 radical (unpaired) electrons. The maximum absolute atomic E-state index is 4.94. The largest absolute Gasteiger partial charge is 0.352 e. The monoisotopic (exact) mass is 438 g/mol. The fourth-order valence-electron chi connectivity index (χ4n) is 0.916. The van der Waals surface area contributed by atoms with Crippen molar-refractivity contribution in [2.45, 2.75) is 6.92 Å². The minimum Gasteiger partial charge on any atom is -0.352 e. The van der Waals surface area contributed by atoms with Gasteiger partial charge in [0, 0.05) is 23.1 Å². The number of nitrogens with one attached hydrogen (secondary N) is 1. The molecule has 0 fully saturated rings. The van der Waals surface area contributed by atoms with Gasteiger partial charge in [-0.2, -0.15) is 0 Å². The van der Waals surface area contributed by atoms with Gasteiger partial charge in [-0.15, -0.1) is 0 Å². The third-order valence-corrected chi connectivity index (χ3v) is 5.28. The average Bonchev–Trinajstić information content (AvgIpc) is 2.31. The Morgan fingerprint density at radius 3 is 2.29 bits per heavy atom. The molecule has 2 heterocycles. The molecule has 0 aliphatic carbocycles. The van der Waals surface area contributed by atoms with Gasteiger partial charge in [0.05, 0.1) is 8.95 Å². The van der Waals surface area contributed by atoms with Crippen LogP contribution in [0.3, 0.4) is 0 Å². The summed E-state index contributed by atoms with van der Waals surface area (Å²) in [5.41, 5.74) is 1.17. The molecule has 0 unspecified atom stereocenters. The topological polar surface area (TPSA) is 28.7 Å². The predicted octanol–water partition coefficient (Wildman–Crippen LogP) is 5.42. The molecule has 0 saturated heterocycles. The van der Waals surface area contributed by atoms with Crippen molar-refractivity contribution in [2.24, 2.45) is 0 Å². The fourth-order valence-corrected chi connectivity index (χ4v) is 1.86. The van der Waals surface area contributed by atoms with Crippen molar-refractivity contribution < 1.29 is 0 Å². The summed E-state index contributed by atoms with van der Waals surface area (Å²) < 4.78 is 3.77. The summed E-state index contributed by atoms with van der Waals surface area (Å²) in [5, 5.41) is 0. The number of aryl methyl sites for hydroxylation is 1. The van der Waals surface area contributed by atoms with Gasteiger partial charge < -0.3 is 4.98 Å². The van der Waals surface area contributed by atoms with Gasteiger partial charge in [-0.25, -0.2) is 0 Å². The van der Waals surface area contributed by atoms with Crippen LogP contribution in [-0.4, -0.2) is 9.97 Å². The van der Waals surface area contributed by atoms with Crippen molar-refractivity contribution in [1.29, 1.82) is 0 Å². The predicted molar refractivity (Wildman–Crippen MR) is 83.7 cm³/mol. The molecule has 2 aromatic rings. The molecule has 0 saturated carbocycles. The van der Waals surface area contributed by atoms with Crippen molar-refractivity contribution in [1.82, 2.24) is 9.97 Å². The van der Waals surface area contributed by atoms with Crippen LogP contribution in [0.1, 0.15) is 5.56 Å². The Labute approximate surface area is 130 Å². The molecule has 2 aromatic heterocycles. The minimum absolute atomic E-state index is 0.759. The van der Waals surface area contributed by atoms with Crippen LogP contribution in [0.15, 0.2) is 44.1 Å². The number of pyridine rings is 2. The molecule has 0 atom stereocenters. The van der Waals surface area contributed by atoms with Gasteiger partial charge in [0.15, 0.2) is 0 Å². The molecule has 0 aromatic carbocycles. The van der Waals surface area contributed by atoms with Crippen LogP contribution in [0.25, 0.3) is 0 Å². The van der Waals surface area contributed by atoms with E-state index in [-0.39, 0.29) is 0 Å². The van der Waals surface area contributed by atoms with Crippen LogP contribution in [0.2, 0.25) is 0 Å². The molecular formula is C11H9Br3N2S. The van der Waals surface area contributed by atoms with Crippen LogP contribution in [0, 0.1) is 11.6 Å². The molecule has 1 N–H and O–H groups in total. The zero-order chi connectivity index (χ0) is 12.8. The van der Waals surface area contributed by atoms with Gasteiger partial charge in [-0.05, 0) is 72.4 Å². The number of H-pyrrole nitrogens is 1. The molecule has 90 valence electrons. The third kappa shape index (κ3) is 4.99. The van der Waals surface area contributed by atoms with E-state index >= 15 is 0 Å². The molecule has 2 nitrogen and oxygen atoms in total. The molecule has 6 heteroatoms. The second-order valence-corrected chi connectivity index (χ2v) is 6.00. The summed E-state index contributed by atoms with van der Waals surface area (Å²) in [6.45, 7) is 2.01. The second kappa shape index (κ2) is 7.41. The number of nitrogens with zero attached hydrogens (tertiary/aromatic N) is 1. The Kier molecular flexibility index (Phi) is 6.54. The number of rotatable bonds is 0. The van der Waals surface area contributed by atoms with E-state index in [4.69, 9.17) is 12.2 Å². The van der Waals surface area contributed by atoms with E-state index in [0.717, 1.165) is 18.1 Å². The smallest absolute Gasteiger partial charge is 0.117 e. The highest BCUT2D eigenvalue weighted by Gasteiger charge is 1.91. The van der Waals surface area contributed by atoms with Gasteiger partial charge in [0.25, 0.3) is 0 Å². The minimum atomic E-state index is 0.759. The van der Waals surface area contributed by atoms with Gasteiger partial charge in [0.2, 0.25) is 0 Å². The summed E-state index contributed by atoms with van der Waals surface area (Å²) in [5.74, 6) is 0. The first-order valence-electron chi connectivity index (χ1n) is 4.61. The number of aromatic amines is 1. The summed E-state index contributed by atoms with van der Waals surface area (Å²) in [6.07, 6.45) is 5.31. The second-order valence-electron chi connectivity index (χ2n) is 3.09. The van der Waals surface area contributed by atoms with Crippen molar-refractivity contribution in [2.75, 3.05) is 0 Å². The van der Waals surface area contributed by atoms with Crippen LogP contribution in [0.5, 0.6) is 0 Å². The zero-order valence-corrected chi connectivity index (χ0v) is 14.5. The number of hydrogen-bond donors (Lipinski definition) is 1. The first-order chi connectivity index (χ1) is 8.02. The van der Waals surface area contributed by atoms with Crippen molar-refractivity contribution in [3.63, 3.8) is 0 Å². The van der Waals surface area contributed by atoms with Gasteiger partial charge in [-0.1, -0.05) is 12.2 Å². The average molecular weight is 441 g/mol. The van der Waals surface area contributed by atoms with Crippen LogP contribution in [-0.2, 0) is 0 Å². The van der Waals surface area contributed by atoms with Crippen molar-refractivity contribution in [3.8, 4) is 0 Å². The van der Waals surface area contributed by atoms with E-state index in [1.54, 1.807) is 12.4 Å². The zero-order valence-electron chi connectivity index (χ0n) is 8.88. The number of halogens is 3. The van der Waals surface area contributed by atoms with E-state index in [2.05, 4.69) is 57.8 Å². The molecule has 0 aliphatic rings. The Morgan fingerprint density at radius 1 is 1.18 bits per heavy atom. The number of hydrogen-bond acceptors (Lipinski definition) is 2. The Morgan fingerprint density at radius 2 is 1.88 bits per heavy atom. The summed E-state index contributed by atoms with van der Waals surface area (Å²) in [6, 6.07) is 3.85. The molecule has 0 bridgehead atoms. The van der Waals surface area contributed by atoms with E-state index in [1.807, 2.05) is 25.3 Å². The maximum Gasteiger partial charge on any atom is 0.117 e. The highest BCUT2D eigenvalue weighted by Crippen LogP contribution is 2.19. The molecule has 2 rings (SSSR count). The first kappa shape index (κ1) is 15.0. The quantitative estimate of drug-likeness (QED) is 0.554. The van der Waals surface area contributed by atoms with Crippen LogP contribution >= 0.6 is 60.0 Å². The Balaban J connectivity index is 0.000000171. The van der Waals surface area contributed by atoms with E-state index in [1.165, 1.54) is 5.56 Å². The van der Waals surface area contributed by atoms with Crippen LogP contribution < -0.4 is 0 Å². The van der Waals surface area contributed by atoms with Gasteiger partial charge >= 0.3 is 0 Å². The molecule has 0 amide bonds. The molecule has 0 aliphatic heterocycles. The summed E-state index contributed by atoms with van der Waals surface area (Å²) in [4.78, 5) is 6.78. The van der Waals surface area contributed by atoms with Gasteiger partial charge in [-0.3, -0.25) is 4.98 Å². The highest BCUT2D eigenvalue weighted by molar-refractivity contribution is 9.13. The van der Waals surface area contributed by atoms with Gasteiger partial charge in [0.1, 0.15) is 4.64 Å². The van der Waals surface area contributed by atoms with E-state index in [0.29, 0.717) is 0 Å². The lowest BCUT2D eigenvalue weighted by atomic mass is 10.3.